The van der Waals surface area contributed by atoms with Crippen LogP contribution in [0.25, 0.3) is 0 Å². The average Bonchev–Trinajstić information content (AvgIpc) is 2.63. The molecule has 0 aromatic heterocycles. The Labute approximate surface area is 167 Å². The van der Waals surface area contributed by atoms with Crippen LogP contribution in [0, 0.1) is 5.92 Å². The zero-order chi connectivity index (χ0) is 20.9. The minimum atomic E-state index is -0.961. The third-order valence-corrected chi connectivity index (χ3v) is 4.34. The fraction of sp³-hybridized carbons (Fsp3) is 0.545. The standard InChI is InChI=1S/C19H27NO2.C3H6O3/c1-15(2)14-20-17(9-6-10-19(20)22)11-12-18(21)13-16-7-4-3-5-8-16;4-2-1-3(5)6/h3-5,7-8,11-12,15,17-18,21H,6,9-10,13-14H2,1-2H3;4H,1-2H2,(H,5,6)/b12-11+;/t17-,18?;/m1./s1. The summed E-state index contributed by atoms with van der Waals surface area (Å²) in [6.45, 7) is 4.79. The molecular weight excluding hydrogens is 358 g/mol. The zero-order valence-corrected chi connectivity index (χ0v) is 16.8. The second-order valence-electron chi connectivity index (χ2n) is 7.41. The monoisotopic (exact) mass is 391 g/mol. The summed E-state index contributed by atoms with van der Waals surface area (Å²) in [4.78, 5) is 23.5. The van der Waals surface area contributed by atoms with Crippen LogP contribution in [-0.2, 0) is 16.0 Å². The number of carboxylic acid groups (broad SMARTS) is 1. The molecule has 3 N–H and O–H groups in total. The van der Waals surface area contributed by atoms with Crippen LogP contribution in [0.3, 0.4) is 0 Å². The quantitative estimate of drug-likeness (QED) is 0.592. The maximum atomic E-state index is 12.1. The number of carbonyl (C=O) groups excluding carboxylic acids is 1. The number of amides is 1. The van der Waals surface area contributed by atoms with E-state index in [1.54, 1.807) is 0 Å². The molecule has 0 spiro atoms. The SMILES string of the molecule is CC(C)CN1C(=O)CCC[C@@H]1/C=C/C(O)Cc1ccccc1.O=C(O)CCO. The van der Waals surface area contributed by atoms with E-state index in [2.05, 4.69) is 13.8 Å². The summed E-state index contributed by atoms with van der Waals surface area (Å²) < 4.78 is 0. The van der Waals surface area contributed by atoms with Crippen molar-refractivity contribution in [1.82, 2.24) is 4.90 Å². The lowest BCUT2D eigenvalue weighted by molar-refractivity contribution is -0.138. The number of carbonyl (C=O) groups is 2. The van der Waals surface area contributed by atoms with E-state index in [9.17, 15) is 14.7 Å². The van der Waals surface area contributed by atoms with Crippen molar-refractivity contribution in [2.24, 2.45) is 5.92 Å². The first kappa shape index (κ1) is 23.9. The summed E-state index contributed by atoms with van der Waals surface area (Å²) in [5.41, 5.74) is 1.12. The van der Waals surface area contributed by atoms with Crippen LogP contribution in [0.5, 0.6) is 0 Å². The Hall–Kier alpha value is -2.18. The minimum absolute atomic E-state index is 0.133. The van der Waals surface area contributed by atoms with E-state index in [1.165, 1.54) is 0 Å². The molecule has 6 heteroatoms. The molecule has 0 aliphatic carbocycles. The molecule has 2 atom stereocenters. The number of hydrogen-bond acceptors (Lipinski definition) is 4. The Morgan fingerprint density at radius 3 is 2.50 bits per heavy atom. The van der Waals surface area contributed by atoms with E-state index in [0.29, 0.717) is 18.8 Å². The van der Waals surface area contributed by atoms with E-state index >= 15 is 0 Å². The number of hydrogen-bond donors (Lipinski definition) is 3. The molecule has 28 heavy (non-hydrogen) atoms. The molecule has 0 bridgehead atoms. The Morgan fingerprint density at radius 2 is 1.96 bits per heavy atom. The number of piperidine rings is 1. The number of aliphatic hydroxyl groups is 2. The molecule has 6 nitrogen and oxygen atoms in total. The van der Waals surface area contributed by atoms with Crippen molar-refractivity contribution >= 4 is 11.9 Å². The van der Waals surface area contributed by atoms with Gasteiger partial charge in [-0.3, -0.25) is 9.59 Å². The Balaban J connectivity index is 0.000000568. The van der Waals surface area contributed by atoms with Crippen LogP contribution in [0.15, 0.2) is 42.5 Å². The van der Waals surface area contributed by atoms with Gasteiger partial charge in [0.05, 0.1) is 25.2 Å². The lowest BCUT2D eigenvalue weighted by Crippen LogP contribution is -2.44. The van der Waals surface area contributed by atoms with Crippen molar-refractivity contribution in [3.05, 3.63) is 48.0 Å². The largest absolute Gasteiger partial charge is 0.481 e. The first-order valence-corrected chi connectivity index (χ1v) is 9.86. The van der Waals surface area contributed by atoms with E-state index < -0.39 is 12.1 Å². The highest BCUT2D eigenvalue weighted by Crippen LogP contribution is 2.21. The minimum Gasteiger partial charge on any atom is -0.481 e. The highest BCUT2D eigenvalue weighted by atomic mass is 16.4. The maximum Gasteiger partial charge on any atom is 0.305 e. The number of benzene rings is 1. The van der Waals surface area contributed by atoms with E-state index in [1.807, 2.05) is 47.4 Å². The molecule has 1 aromatic rings. The van der Waals surface area contributed by atoms with Crippen LogP contribution in [-0.4, -0.2) is 57.4 Å². The normalized spacial score (nSPS) is 18.1. The van der Waals surface area contributed by atoms with Gasteiger partial charge in [-0.15, -0.1) is 0 Å². The molecule has 1 unspecified atom stereocenters. The van der Waals surface area contributed by atoms with E-state index in [0.717, 1.165) is 24.9 Å². The molecule has 156 valence electrons. The summed E-state index contributed by atoms with van der Waals surface area (Å²) in [5, 5.41) is 25.8. The van der Waals surface area contributed by atoms with Crippen LogP contribution in [0.4, 0.5) is 0 Å². The first-order chi connectivity index (χ1) is 13.3. The fourth-order valence-electron chi connectivity index (χ4n) is 3.05. The van der Waals surface area contributed by atoms with Gasteiger partial charge >= 0.3 is 5.97 Å². The van der Waals surface area contributed by atoms with Gasteiger partial charge in [0.15, 0.2) is 0 Å². The van der Waals surface area contributed by atoms with Crippen molar-refractivity contribution in [1.29, 1.82) is 0 Å². The Morgan fingerprint density at radius 1 is 1.29 bits per heavy atom. The van der Waals surface area contributed by atoms with Crippen molar-refractivity contribution in [2.75, 3.05) is 13.2 Å². The molecule has 1 heterocycles. The molecule has 2 rings (SSSR count). The topological polar surface area (TPSA) is 98.1 Å². The highest BCUT2D eigenvalue weighted by molar-refractivity contribution is 5.77. The van der Waals surface area contributed by atoms with Gasteiger partial charge in [0.2, 0.25) is 5.91 Å². The molecule has 0 saturated carbocycles. The van der Waals surface area contributed by atoms with Crippen molar-refractivity contribution in [3.63, 3.8) is 0 Å². The summed E-state index contributed by atoms with van der Waals surface area (Å²) >= 11 is 0. The summed E-state index contributed by atoms with van der Waals surface area (Å²) in [6, 6.07) is 10.1. The smallest absolute Gasteiger partial charge is 0.305 e. The molecule has 1 saturated heterocycles. The number of aliphatic hydroxyl groups excluding tert-OH is 2. The number of carboxylic acids is 1. The van der Waals surface area contributed by atoms with Gasteiger partial charge in [0, 0.05) is 19.4 Å². The summed E-state index contributed by atoms with van der Waals surface area (Å²) in [7, 11) is 0. The van der Waals surface area contributed by atoms with Crippen LogP contribution >= 0.6 is 0 Å². The number of likely N-dealkylation sites (tertiary alicyclic amines) is 1. The van der Waals surface area contributed by atoms with Gasteiger partial charge in [0.25, 0.3) is 0 Å². The van der Waals surface area contributed by atoms with Crippen LogP contribution in [0.2, 0.25) is 0 Å². The van der Waals surface area contributed by atoms with Gasteiger partial charge in [0.1, 0.15) is 0 Å². The maximum absolute atomic E-state index is 12.1. The zero-order valence-electron chi connectivity index (χ0n) is 16.8. The lowest BCUT2D eigenvalue weighted by Gasteiger charge is -2.35. The van der Waals surface area contributed by atoms with Crippen LogP contribution < -0.4 is 0 Å². The Bertz CT molecular complexity index is 615. The predicted octanol–water partition coefficient (Wildman–Crippen LogP) is 2.64. The number of rotatable bonds is 8. The first-order valence-electron chi connectivity index (χ1n) is 9.86. The average molecular weight is 392 g/mol. The van der Waals surface area contributed by atoms with Crippen molar-refractivity contribution in [3.8, 4) is 0 Å². The fourth-order valence-corrected chi connectivity index (χ4v) is 3.05. The third kappa shape index (κ3) is 9.67. The van der Waals surface area contributed by atoms with Crippen molar-refractivity contribution in [2.45, 2.75) is 58.1 Å². The molecule has 0 radical (unpaired) electrons. The van der Waals surface area contributed by atoms with E-state index in [-0.39, 0.29) is 25.0 Å². The van der Waals surface area contributed by atoms with Gasteiger partial charge in [-0.2, -0.15) is 0 Å². The molecular formula is C22H33NO5. The second kappa shape index (κ2) is 13.1. The third-order valence-electron chi connectivity index (χ3n) is 4.34. The predicted molar refractivity (Wildman–Crippen MR) is 109 cm³/mol. The van der Waals surface area contributed by atoms with Gasteiger partial charge < -0.3 is 20.2 Å². The van der Waals surface area contributed by atoms with Gasteiger partial charge in [-0.25, -0.2) is 0 Å². The van der Waals surface area contributed by atoms with Crippen LogP contribution in [0.1, 0.15) is 45.1 Å². The molecule has 1 aromatic carbocycles. The number of nitrogens with zero attached hydrogens (tertiary/aromatic N) is 1. The van der Waals surface area contributed by atoms with Gasteiger partial charge in [-0.1, -0.05) is 56.3 Å². The lowest BCUT2D eigenvalue weighted by atomic mass is 9.98. The second-order valence-corrected chi connectivity index (χ2v) is 7.41. The van der Waals surface area contributed by atoms with E-state index in [4.69, 9.17) is 10.2 Å². The molecule has 1 fully saturated rings. The summed E-state index contributed by atoms with van der Waals surface area (Å²) in [6.07, 6.45) is 6.42. The summed E-state index contributed by atoms with van der Waals surface area (Å²) in [5.74, 6) is -0.253. The highest BCUT2D eigenvalue weighted by Gasteiger charge is 2.26. The molecule has 1 aliphatic rings. The Kier molecular flexibility index (Phi) is 11.1. The number of aliphatic carboxylic acids is 1. The molecule has 1 aliphatic heterocycles. The molecule has 1 amide bonds. The van der Waals surface area contributed by atoms with Gasteiger partial charge in [-0.05, 0) is 24.3 Å². The van der Waals surface area contributed by atoms with Crippen molar-refractivity contribution < 1.29 is 24.9 Å².